The number of nitriles is 1. The zero-order valence-electron chi connectivity index (χ0n) is 12.3. The van der Waals surface area contributed by atoms with Crippen LogP contribution in [0.25, 0.3) is 6.08 Å². The molecule has 118 valence electrons. The fourth-order valence-corrected chi connectivity index (χ4v) is 1.85. The lowest BCUT2D eigenvalue weighted by molar-refractivity contribution is -0.117. The van der Waals surface area contributed by atoms with Gasteiger partial charge in [0.05, 0.1) is 0 Å². The molecule has 0 aliphatic heterocycles. The van der Waals surface area contributed by atoms with Gasteiger partial charge in [0.25, 0.3) is 5.91 Å². The minimum absolute atomic E-state index is 0. The summed E-state index contributed by atoms with van der Waals surface area (Å²) in [6, 6.07) is 12.2. The third-order valence-electron chi connectivity index (χ3n) is 3.00. The maximum absolute atomic E-state index is 12.0. The number of benzene rings is 1. The van der Waals surface area contributed by atoms with Gasteiger partial charge in [0.2, 0.25) is 0 Å². The van der Waals surface area contributed by atoms with E-state index in [-0.39, 0.29) is 23.7 Å². The number of phenolic OH excluding ortho intramolecular Hbond substituents is 1. The fraction of sp³-hybridized carbons (Fsp3) is 0.118. The largest absolute Gasteiger partial charge is 0.508 e. The molecule has 2 rings (SSSR count). The number of hydrogen-bond donors (Lipinski definition) is 2. The van der Waals surface area contributed by atoms with Gasteiger partial charge >= 0.3 is 0 Å². The molecule has 0 bridgehead atoms. The van der Waals surface area contributed by atoms with E-state index in [9.17, 15) is 9.90 Å². The zero-order valence-corrected chi connectivity index (χ0v) is 13.1. The van der Waals surface area contributed by atoms with Crippen LogP contribution in [0.15, 0.2) is 54.4 Å². The molecule has 23 heavy (non-hydrogen) atoms. The summed E-state index contributed by atoms with van der Waals surface area (Å²) in [5.74, 6) is -0.205. The molecule has 0 fully saturated rings. The van der Waals surface area contributed by atoms with Gasteiger partial charge in [0, 0.05) is 18.9 Å². The number of halogens is 1. The van der Waals surface area contributed by atoms with Gasteiger partial charge in [-0.1, -0.05) is 18.2 Å². The molecule has 6 heteroatoms. The van der Waals surface area contributed by atoms with Gasteiger partial charge in [-0.05, 0) is 41.8 Å². The molecule has 1 aromatic carbocycles. The maximum Gasteiger partial charge on any atom is 0.261 e. The van der Waals surface area contributed by atoms with Crippen LogP contribution in [0, 0.1) is 11.3 Å². The molecule has 2 N–H and O–H groups in total. The second-order valence-electron chi connectivity index (χ2n) is 4.63. The lowest BCUT2D eigenvalue weighted by atomic mass is 10.1. The van der Waals surface area contributed by atoms with Gasteiger partial charge in [-0.3, -0.25) is 9.78 Å². The summed E-state index contributed by atoms with van der Waals surface area (Å²) in [5, 5.41) is 21.0. The number of carbonyl (C=O) groups excluding carboxylic acids is 1. The molecule has 0 saturated heterocycles. The van der Waals surface area contributed by atoms with E-state index < -0.39 is 5.91 Å². The number of pyridine rings is 1. The van der Waals surface area contributed by atoms with E-state index in [1.165, 1.54) is 6.08 Å². The van der Waals surface area contributed by atoms with Gasteiger partial charge in [-0.15, -0.1) is 12.4 Å². The number of rotatable bonds is 5. The third kappa shape index (κ3) is 5.81. The van der Waals surface area contributed by atoms with Gasteiger partial charge in [-0.2, -0.15) is 5.26 Å². The molecule has 0 atom stereocenters. The van der Waals surface area contributed by atoms with Crippen LogP contribution >= 0.6 is 12.4 Å². The monoisotopic (exact) mass is 329 g/mol. The van der Waals surface area contributed by atoms with E-state index in [4.69, 9.17) is 5.26 Å². The number of phenols is 1. The highest BCUT2D eigenvalue weighted by atomic mass is 35.5. The third-order valence-corrected chi connectivity index (χ3v) is 3.00. The van der Waals surface area contributed by atoms with Crippen molar-refractivity contribution in [1.29, 1.82) is 5.26 Å². The Balaban J connectivity index is 0.00000264. The van der Waals surface area contributed by atoms with Crippen molar-refractivity contribution in [3.63, 3.8) is 0 Å². The van der Waals surface area contributed by atoms with E-state index >= 15 is 0 Å². The Bertz CT molecular complexity index is 707. The van der Waals surface area contributed by atoms with Crippen LogP contribution in [0.1, 0.15) is 11.1 Å². The van der Waals surface area contributed by atoms with Crippen molar-refractivity contribution >= 4 is 24.4 Å². The number of hydrogen-bond acceptors (Lipinski definition) is 4. The minimum Gasteiger partial charge on any atom is -0.508 e. The van der Waals surface area contributed by atoms with E-state index in [0.717, 1.165) is 5.56 Å². The summed E-state index contributed by atoms with van der Waals surface area (Å²) < 4.78 is 0. The lowest BCUT2D eigenvalue weighted by Crippen LogP contribution is -2.26. The van der Waals surface area contributed by atoms with E-state index in [0.29, 0.717) is 18.5 Å². The number of aromatic nitrogens is 1. The fourth-order valence-electron chi connectivity index (χ4n) is 1.85. The molecule has 0 saturated carbocycles. The highest BCUT2D eigenvalue weighted by molar-refractivity contribution is 6.01. The Morgan fingerprint density at radius 1 is 1.30 bits per heavy atom. The van der Waals surface area contributed by atoms with Gasteiger partial charge in [-0.25, -0.2) is 0 Å². The standard InChI is InChI=1S/C17H15N3O2.ClH/c18-11-15(10-14-2-1-8-19-12-14)17(22)20-9-7-13-3-5-16(21)6-4-13;/h1-6,8,10,12,21H,7,9H2,(H,20,22);1H/b15-10+;. The van der Waals surface area contributed by atoms with Crippen molar-refractivity contribution in [3.05, 3.63) is 65.5 Å². The Kier molecular flexibility index (Phi) is 7.31. The average Bonchev–Trinajstić information content (AvgIpc) is 2.55. The quantitative estimate of drug-likeness (QED) is 0.651. The molecule has 1 heterocycles. The molecule has 1 amide bonds. The topological polar surface area (TPSA) is 86.0 Å². The van der Waals surface area contributed by atoms with Gasteiger partial charge < -0.3 is 10.4 Å². The first-order chi connectivity index (χ1) is 10.7. The van der Waals surface area contributed by atoms with Crippen molar-refractivity contribution in [2.45, 2.75) is 6.42 Å². The van der Waals surface area contributed by atoms with Gasteiger partial charge in [0.1, 0.15) is 17.4 Å². The van der Waals surface area contributed by atoms with E-state index in [2.05, 4.69) is 10.3 Å². The molecule has 0 aliphatic rings. The molecule has 5 nitrogen and oxygen atoms in total. The number of nitrogens with one attached hydrogen (secondary N) is 1. The molecule has 0 aliphatic carbocycles. The van der Waals surface area contributed by atoms with Gasteiger partial charge in [0.15, 0.2) is 0 Å². The van der Waals surface area contributed by atoms with Crippen LogP contribution in [0.3, 0.4) is 0 Å². The van der Waals surface area contributed by atoms with Crippen LogP contribution in [0.2, 0.25) is 0 Å². The van der Waals surface area contributed by atoms with E-state index in [1.54, 1.807) is 48.8 Å². The number of aromatic hydroxyl groups is 1. The molecule has 0 spiro atoms. The maximum atomic E-state index is 12.0. The number of amides is 1. The van der Waals surface area contributed by atoms with Crippen molar-refractivity contribution in [2.75, 3.05) is 6.54 Å². The molecular weight excluding hydrogens is 314 g/mol. The predicted molar refractivity (Wildman–Crippen MR) is 89.9 cm³/mol. The molecule has 0 radical (unpaired) electrons. The Morgan fingerprint density at radius 2 is 2.04 bits per heavy atom. The highest BCUT2D eigenvalue weighted by Gasteiger charge is 2.08. The van der Waals surface area contributed by atoms with Crippen molar-refractivity contribution in [3.8, 4) is 11.8 Å². The molecular formula is C17H16ClN3O2. The predicted octanol–water partition coefficient (Wildman–Crippen LogP) is 2.47. The highest BCUT2D eigenvalue weighted by Crippen LogP contribution is 2.10. The summed E-state index contributed by atoms with van der Waals surface area (Å²) in [6.07, 6.45) is 5.34. The summed E-state index contributed by atoms with van der Waals surface area (Å²) in [6.45, 7) is 0.412. The minimum atomic E-state index is -0.412. The van der Waals surface area contributed by atoms with Crippen LogP contribution in [0.4, 0.5) is 0 Å². The second-order valence-corrected chi connectivity index (χ2v) is 4.63. The van der Waals surface area contributed by atoms with Crippen molar-refractivity contribution < 1.29 is 9.90 Å². The average molecular weight is 330 g/mol. The normalized spacial score (nSPS) is 10.3. The first-order valence-electron chi connectivity index (χ1n) is 6.77. The van der Waals surface area contributed by atoms with Crippen LogP contribution in [0.5, 0.6) is 5.75 Å². The summed E-state index contributed by atoms with van der Waals surface area (Å²) in [4.78, 5) is 15.9. The smallest absolute Gasteiger partial charge is 0.261 e. The van der Waals surface area contributed by atoms with Crippen molar-refractivity contribution in [1.82, 2.24) is 10.3 Å². The van der Waals surface area contributed by atoms with Crippen LogP contribution in [-0.4, -0.2) is 22.5 Å². The Labute approximate surface area is 140 Å². The van der Waals surface area contributed by atoms with Crippen LogP contribution < -0.4 is 5.32 Å². The SMILES string of the molecule is Cl.N#C/C(=C\c1cccnc1)C(=O)NCCc1ccc(O)cc1. The number of carbonyl (C=O) groups is 1. The Hall–Kier alpha value is -2.84. The van der Waals surface area contributed by atoms with Crippen molar-refractivity contribution in [2.24, 2.45) is 0 Å². The van der Waals surface area contributed by atoms with Crippen LogP contribution in [-0.2, 0) is 11.2 Å². The first kappa shape index (κ1) is 18.2. The first-order valence-corrected chi connectivity index (χ1v) is 6.77. The number of nitrogens with zero attached hydrogens (tertiary/aromatic N) is 2. The summed E-state index contributed by atoms with van der Waals surface area (Å²) in [7, 11) is 0. The molecule has 1 aromatic heterocycles. The summed E-state index contributed by atoms with van der Waals surface area (Å²) in [5.41, 5.74) is 1.74. The second kappa shape index (κ2) is 9.23. The lowest BCUT2D eigenvalue weighted by Gasteiger charge is -2.05. The Morgan fingerprint density at radius 3 is 2.65 bits per heavy atom. The molecule has 2 aromatic rings. The summed E-state index contributed by atoms with van der Waals surface area (Å²) >= 11 is 0. The van der Waals surface area contributed by atoms with E-state index in [1.807, 2.05) is 6.07 Å². The zero-order chi connectivity index (χ0) is 15.8. The molecule has 0 unspecified atom stereocenters.